The van der Waals surface area contributed by atoms with Crippen LogP contribution in [0.3, 0.4) is 0 Å². The topological polar surface area (TPSA) is 88.0 Å². The number of pyridine rings is 1. The second-order valence-corrected chi connectivity index (χ2v) is 7.13. The Balaban J connectivity index is 1.53. The average Bonchev–Trinajstić information content (AvgIpc) is 2.54. The van der Waals surface area contributed by atoms with Gasteiger partial charge in [0, 0.05) is 30.0 Å². The molecule has 2 aromatic rings. The minimum Gasteiger partial charge on any atom is -0.477 e. The Morgan fingerprint density at radius 1 is 1.17 bits per heavy atom. The molecule has 2 N–H and O–H groups in total. The van der Waals surface area contributed by atoms with E-state index >= 15 is 0 Å². The summed E-state index contributed by atoms with van der Waals surface area (Å²) >= 11 is 0. The van der Waals surface area contributed by atoms with Gasteiger partial charge in [-0.25, -0.2) is 14.8 Å². The lowest BCUT2D eigenvalue weighted by Crippen LogP contribution is -2.56. The fourth-order valence-corrected chi connectivity index (χ4v) is 4.30. The molecule has 2 aliphatic carbocycles. The van der Waals surface area contributed by atoms with Crippen LogP contribution in [0.25, 0.3) is 0 Å². The minimum atomic E-state index is -1.04. The van der Waals surface area contributed by atoms with Gasteiger partial charge in [-0.2, -0.15) is 0 Å². The van der Waals surface area contributed by atoms with Gasteiger partial charge in [0.15, 0.2) is 5.69 Å². The standard InChI is InChI=1S/C18H20N4O2/c23-15(24)13-5-9-20-16(22-13)21-12-18(14-4-1-2-8-19-14)10-17(11-18)6-3-7-17/h1-2,4-5,8-9H,3,6-7,10-12H2,(H,23,24)(H,20,21,22). The van der Waals surface area contributed by atoms with Crippen LogP contribution in [0.2, 0.25) is 0 Å². The molecule has 2 heterocycles. The number of carboxylic acids is 1. The maximum absolute atomic E-state index is 11.0. The summed E-state index contributed by atoms with van der Waals surface area (Å²) in [5.41, 5.74) is 1.60. The molecule has 1 spiro atoms. The van der Waals surface area contributed by atoms with E-state index in [2.05, 4.69) is 26.3 Å². The third kappa shape index (κ3) is 2.52. The SMILES string of the molecule is O=C(O)c1ccnc(NCC2(c3ccccn3)CC3(CCC3)C2)n1. The van der Waals surface area contributed by atoms with Crippen LogP contribution in [0, 0.1) is 5.41 Å². The van der Waals surface area contributed by atoms with Gasteiger partial charge in [0.1, 0.15) is 0 Å². The van der Waals surface area contributed by atoms with E-state index in [1.54, 1.807) is 0 Å². The highest BCUT2D eigenvalue weighted by atomic mass is 16.4. The number of nitrogens with one attached hydrogen (secondary N) is 1. The molecule has 124 valence electrons. The molecule has 2 aliphatic rings. The number of rotatable bonds is 5. The van der Waals surface area contributed by atoms with Crippen molar-refractivity contribution in [1.82, 2.24) is 15.0 Å². The van der Waals surface area contributed by atoms with Crippen molar-refractivity contribution in [3.8, 4) is 0 Å². The smallest absolute Gasteiger partial charge is 0.354 e. The van der Waals surface area contributed by atoms with Gasteiger partial charge >= 0.3 is 5.97 Å². The summed E-state index contributed by atoms with van der Waals surface area (Å²) in [6.07, 6.45) is 9.52. The van der Waals surface area contributed by atoms with Gasteiger partial charge in [0.2, 0.25) is 5.95 Å². The van der Waals surface area contributed by atoms with Crippen LogP contribution in [0.15, 0.2) is 36.7 Å². The Morgan fingerprint density at radius 2 is 2.00 bits per heavy atom. The molecule has 2 aromatic heterocycles. The highest BCUT2D eigenvalue weighted by Crippen LogP contribution is 2.64. The summed E-state index contributed by atoms with van der Waals surface area (Å²) in [7, 11) is 0. The monoisotopic (exact) mass is 324 g/mol. The Hall–Kier alpha value is -2.50. The summed E-state index contributed by atoms with van der Waals surface area (Å²) in [6, 6.07) is 7.44. The number of anilines is 1. The zero-order valence-electron chi connectivity index (χ0n) is 13.4. The van der Waals surface area contributed by atoms with Crippen LogP contribution in [0.4, 0.5) is 5.95 Å². The van der Waals surface area contributed by atoms with Crippen molar-refractivity contribution in [2.24, 2.45) is 5.41 Å². The molecule has 0 aliphatic heterocycles. The quantitative estimate of drug-likeness (QED) is 0.879. The molecular formula is C18H20N4O2. The molecule has 0 aromatic carbocycles. The maximum atomic E-state index is 11.0. The molecule has 0 saturated heterocycles. The van der Waals surface area contributed by atoms with E-state index in [1.807, 2.05) is 18.3 Å². The maximum Gasteiger partial charge on any atom is 0.354 e. The molecule has 0 atom stereocenters. The molecule has 6 nitrogen and oxygen atoms in total. The summed E-state index contributed by atoms with van der Waals surface area (Å²) in [4.78, 5) is 23.8. The first-order chi connectivity index (χ1) is 11.6. The van der Waals surface area contributed by atoms with Crippen LogP contribution in [0.1, 0.15) is 48.3 Å². The average molecular weight is 324 g/mol. The van der Waals surface area contributed by atoms with E-state index in [1.165, 1.54) is 31.5 Å². The van der Waals surface area contributed by atoms with Gasteiger partial charge in [0.05, 0.1) is 0 Å². The van der Waals surface area contributed by atoms with Crippen molar-refractivity contribution in [2.75, 3.05) is 11.9 Å². The van der Waals surface area contributed by atoms with Crippen LogP contribution in [-0.2, 0) is 5.41 Å². The summed E-state index contributed by atoms with van der Waals surface area (Å²) in [6.45, 7) is 0.675. The van der Waals surface area contributed by atoms with Gasteiger partial charge in [0.25, 0.3) is 0 Å². The highest BCUT2D eigenvalue weighted by Gasteiger charge is 2.58. The predicted octanol–water partition coefficient (Wildman–Crippen LogP) is 2.88. The second-order valence-electron chi connectivity index (χ2n) is 7.13. The summed E-state index contributed by atoms with van der Waals surface area (Å²) in [5, 5.41) is 12.3. The molecular weight excluding hydrogens is 304 g/mol. The fourth-order valence-electron chi connectivity index (χ4n) is 4.30. The highest BCUT2D eigenvalue weighted by molar-refractivity contribution is 5.85. The van der Waals surface area contributed by atoms with E-state index in [0.29, 0.717) is 17.9 Å². The van der Waals surface area contributed by atoms with Crippen molar-refractivity contribution in [3.05, 3.63) is 48.0 Å². The number of hydrogen-bond donors (Lipinski definition) is 2. The third-order valence-electron chi connectivity index (χ3n) is 5.51. The largest absolute Gasteiger partial charge is 0.477 e. The van der Waals surface area contributed by atoms with Crippen molar-refractivity contribution in [2.45, 2.75) is 37.5 Å². The molecule has 2 saturated carbocycles. The number of carboxylic acid groups (broad SMARTS) is 1. The number of hydrogen-bond acceptors (Lipinski definition) is 5. The normalized spacial score (nSPS) is 20.0. The van der Waals surface area contributed by atoms with Crippen LogP contribution in [-0.4, -0.2) is 32.6 Å². The zero-order valence-corrected chi connectivity index (χ0v) is 13.4. The summed E-state index contributed by atoms with van der Waals surface area (Å²) < 4.78 is 0. The fraction of sp³-hybridized carbons (Fsp3) is 0.444. The summed E-state index contributed by atoms with van der Waals surface area (Å²) in [5.74, 6) is -0.684. The molecule has 2 fully saturated rings. The Labute approximate surface area is 140 Å². The first-order valence-electron chi connectivity index (χ1n) is 8.33. The number of nitrogens with zero attached hydrogens (tertiary/aromatic N) is 3. The second kappa shape index (κ2) is 5.54. The first-order valence-corrected chi connectivity index (χ1v) is 8.33. The van der Waals surface area contributed by atoms with Crippen molar-refractivity contribution >= 4 is 11.9 Å². The molecule has 24 heavy (non-hydrogen) atoms. The third-order valence-corrected chi connectivity index (χ3v) is 5.51. The molecule has 6 heteroatoms. The Kier molecular flexibility index (Phi) is 3.48. The molecule has 0 radical (unpaired) electrons. The molecule has 0 bridgehead atoms. The molecule has 4 rings (SSSR count). The van der Waals surface area contributed by atoms with Crippen LogP contribution < -0.4 is 5.32 Å². The Bertz CT molecular complexity index is 751. The lowest BCUT2D eigenvalue weighted by molar-refractivity contribution is -0.0447. The number of carbonyl (C=O) groups is 1. The van der Waals surface area contributed by atoms with Crippen LogP contribution >= 0.6 is 0 Å². The molecule has 0 amide bonds. The van der Waals surface area contributed by atoms with Crippen LogP contribution in [0.5, 0.6) is 0 Å². The van der Waals surface area contributed by atoms with E-state index in [9.17, 15) is 4.79 Å². The van der Waals surface area contributed by atoms with E-state index < -0.39 is 5.97 Å². The van der Waals surface area contributed by atoms with Crippen molar-refractivity contribution < 1.29 is 9.90 Å². The van der Waals surface area contributed by atoms with Crippen molar-refractivity contribution in [1.29, 1.82) is 0 Å². The van der Waals surface area contributed by atoms with Gasteiger partial charge in [-0.05, 0) is 49.3 Å². The van der Waals surface area contributed by atoms with Gasteiger partial charge in [-0.1, -0.05) is 12.5 Å². The van der Waals surface area contributed by atoms with Gasteiger partial charge in [-0.3, -0.25) is 4.98 Å². The number of aromatic carboxylic acids is 1. The molecule has 0 unspecified atom stereocenters. The van der Waals surface area contributed by atoms with Crippen molar-refractivity contribution in [3.63, 3.8) is 0 Å². The minimum absolute atomic E-state index is 0.00320. The predicted molar refractivity (Wildman–Crippen MR) is 88.9 cm³/mol. The lowest BCUT2D eigenvalue weighted by Gasteiger charge is -2.61. The Morgan fingerprint density at radius 3 is 2.62 bits per heavy atom. The van der Waals surface area contributed by atoms with E-state index in [-0.39, 0.29) is 11.1 Å². The van der Waals surface area contributed by atoms with Gasteiger partial charge < -0.3 is 10.4 Å². The zero-order chi connectivity index (χ0) is 16.6. The van der Waals surface area contributed by atoms with Gasteiger partial charge in [-0.15, -0.1) is 0 Å². The number of aromatic nitrogens is 3. The first kappa shape index (κ1) is 15.1. The van der Waals surface area contributed by atoms with E-state index in [4.69, 9.17) is 5.11 Å². The van der Waals surface area contributed by atoms with E-state index in [0.717, 1.165) is 18.5 Å². The lowest BCUT2D eigenvalue weighted by atomic mass is 9.44.